The van der Waals surface area contributed by atoms with E-state index in [2.05, 4.69) is 22.6 Å². The quantitative estimate of drug-likeness (QED) is 0.625. The summed E-state index contributed by atoms with van der Waals surface area (Å²) in [4.78, 5) is 11.9. The molecule has 0 bridgehead atoms. The number of nitrogens with zero attached hydrogens (tertiary/aromatic N) is 1. The first-order chi connectivity index (χ1) is 8.63. The molecule has 96 valence electrons. The van der Waals surface area contributed by atoms with E-state index in [1.807, 2.05) is 29.7 Å². The van der Waals surface area contributed by atoms with Crippen molar-refractivity contribution in [3.63, 3.8) is 0 Å². The van der Waals surface area contributed by atoms with E-state index in [9.17, 15) is 4.79 Å². The van der Waals surface area contributed by atoms with E-state index in [4.69, 9.17) is 9.47 Å². The number of carbonyl (C=O) groups is 1. The number of hydrogen-bond acceptors (Lipinski definition) is 3. The van der Waals surface area contributed by atoms with E-state index in [0.29, 0.717) is 5.69 Å². The van der Waals surface area contributed by atoms with Crippen LogP contribution in [0.25, 0.3) is 10.9 Å². The Morgan fingerprint density at radius 1 is 1.39 bits per heavy atom. The lowest BCUT2D eigenvalue weighted by atomic mass is 10.2. The summed E-state index contributed by atoms with van der Waals surface area (Å²) in [7, 11) is 3.03. The maximum atomic E-state index is 11.9. The van der Waals surface area contributed by atoms with Crippen LogP contribution in [0.15, 0.2) is 18.2 Å². The molecule has 5 heteroatoms. The predicted molar refractivity (Wildman–Crippen MR) is 78.2 cm³/mol. The standard InChI is InChI=1S/C13H14INO3/c1-4-15-10-6-5-8(17-2)7-9(10)11(14)12(15)13(16)18-3/h5-7H,4H2,1-3H3. The Bertz CT molecular complexity index is 604. The molecule has 2 aromatic rings. The molecule has 0 atom stereocenters. The summed E-state index contributed by atoms with van der Waals surface area (Å²) in [6, 6.07) is 5.80. The topological polar surface area (TPSA) is 40.5 Å². The fourth-order valence-corrected chi connectivity index (χ4v) is 2.99. The second kappa shape index (κ2) is 5.17. The zero-order valence-corrected chi connectivity index (χ0v) is 12.6. The van der Waals surface area contributed by atoms with Gasteiger partial charge >= 0.3 is 5.97 Å². The Labute approximate surface area is 119 Å². The lowest BCUT2D eigenvalue weighted by Gasteiger charge is -2.06. The highest BCUT2D eigenvalue weighted by molar-refractivity contribution is 14.1. The summed E-state index contributed by atoms with van der Waals surface area (Å²) in [5, 5.41) is 1.01. The summed E-state index contributed by atoms with van der Waals surface area (Å²) < 4.78 is 12.9. The number of hydrogen-bond donors (Lipinski definition) is 0. The van der Waals surface area contributed by atoms with Crippen LogP contribution in [0.2, 0.25) is 0 Å². The fraction of sp³-hybridized carbons (Fsp3) is 0.308. The van der Waals surface area contributed by atoms with Gasteiger partial charge in [-0.15, -0.1) is 0 Å². The van der Waals surface area contributed by atoms with Gasteiger partial charge in [0.05, 0.1) is 23.3 Å². The Morgan fingerprint density at radius 2 is 2.11 bits per heavy atom. The summed E-state index contributed by atoms with van der Waals surface area (Å²) in [6.07, 6.45) is 0. The number of methoxy groups -OCH3 is 2. The largest absolute Gasteiger partial charge is 0.497 e. The Balaban J connectivity index is 2.78. The Morgan fingerprint density at radius 3 is 2.67 bits per heavy atom. The van der Waals surface area contributed by atoms with Crippen molar-refractivity contribution in [3.05, 3.63) is 27.5 Å². The summed E-state index contributed by atoms with van der Waals surface area (Å²) >= 11 is 2.18. The van der Waals surface area contributed by atoms with Crippen LogP contribution < -0.4 is 4.74 Å². The number of aryl methyl sites for hydroxylation is 1. The van der Waals surface area contributed by atoms with Crippen molar-refractivity contribution >= 4 is 39.5 Å². The highest BCUT2D eigenvalue weighted by Gasteiger charge is 2.21. The molecule has 2 rings (SSSR count). The van der Waals surface area contributed by atoms with Crippen molar-refractivity contribution in [3.8, 4) is 5.75 Å². The molecule has 1 heterocycles. The minimum Gasteiger partial charge on any atom is -0.497 e. The molecule has 0 unspecified atom stereocenters. The number of benzene rings is 1. The number of fused-ring (bicyclic) bond motifs is 1. The monoisotopic (exact) mass is 359 g/mol. The SMILES string of the molecule is CCn1c(C(=O)OC)c(I)c2cc(OC)ccc21. The lowest BCUT2D eigenvalue weighted by molar-refractivity contribution is 0.0588. The molecule has 0 aliphatic carbocycles. The predicted octanol–water partition coefficient (Wildman–Crippen LogP) is 3.06. The fourth-order valence-electron chi connectivity index (χ4n) is 2.04. The van der Waals surface area contributed by atoms with Crippen LogP contribution in [-0.4, -0.2) is 24.8 Å². The Kier molecular flexibility index (Phi) is 3.79. The third kappa shape index (κ3) is 1.96. The van der Waals surface area contributed by atoms with E-state index in [1.54, 1.807) is 7.11 Å². The number of esters is 1. The summed E-state index contributed by atoms with van der Waals surface area (Å²) in [6.45, 7) is 2.72. The molecular weight excluding hydrogens is 345 g/mol. The lowest BCUT2D eigenvalue weighted by Crippen LogP contribution is -2.10. The van der Waals surface area contributed by atoms with Crippen LogP contribution in [0, 0.1) is 3.57 Å². The number of carbonyl (C=O) groups excluding carboxylic acids is 1. The van der Waals surface area contributed by atoms with Gasteiger partial charge in [0.15, 0.2) is 0 Å². The minimum absolute atomic E-state index is 0.309. The first kappa shape index (κ1) is 13.2. The average molecular weight is 359 g/mol. The van der Waals surface area contributed by atoms with Gasteiger partial charge in [-0.25, -0.2) is 4.79 Å². The highest BCUT2D eigenvalue weighted by atomic mass is 127. The van der Waals surface area contributed by atoms with Crippen molar-refractivity contribution in [2.24, 2.45) is 0 Å². The Hall–Kier alpha value is -1.24. The van der Waals surface area contributed by atoms with E-state index >= 15 is 0 Å². The van der Waals surface area contributed by atoms with E-state index in [0.717, 1.165) is 26.8 Å². The second-order valence-electron chi connectivity index (χ2n) is 3.78. The summed E-state index contributed by atoms with van der Waals surface area (Å²) in [5.74, 6) is 0.474. The molecule has 0 radical (unpaired) electrons. The van der Waals surface area contributed by atoms with E-state index < -0.39 is 0 Å². The van der Waals surface area contributed by atoms with Crippen LogP contribution >= 0.6 is 22.6 Å². The molecule has 18 heavy (non-hydrogen) atoms. The van der Waals surface area contributed by atoms with E-state index in [1.165, 1.54) is 7.11 Å². The number of aromatic nitrogens is 1. The van der Waals surface area contributed by atoms with Crippen LogP contribution in [-0.2, 0) is 11.3 Å². The highest BCUT2D eigenvalue weighted by Crippen LogP contribution is 2.31. The first-order valence-corrected chi connectivity index (χ1v) is 6.66. The third-order valence-corrected chi connectivity index (χ3v) is 4.00. The van der Waals surface area contributed by atoms with Crippen molar-refractivity contribution in [2.45, 2.75) is 13.5 Å². The number of ether oxygens (including phenoxy) is 2. The van der Waals surface area contributed by atoms with Gasteiger partial charge < -0.3 is 14.0 Å². The van der Waals surface area contributed by atoms with Crippen molar-refractivity contribution in [1.82, 2.24) is 4.57 Å². The third-order valence-electron chi connectivity index (χ3n) is 2.90. The van der Waals surface area contributed by atoms with Gasteiger partial charge in [-0.05, 0) is 47.7 Å². The molecular formula is C13H14INO3. The van der Waals surface area contributed by atoms with Gasteiger partial charge in [0, 0.05) is 11.9 Å². The molecule has 0 saturated carbocycles. The molecule has 0 N–H and O–H groups in total. The van der Waals surface area contributed by atoms with Crippen LogP contribution in [0.3, 0.4) is 0 Å². The van der Waals surface area contributed by atoms with Gasteiger partial charge in [-0.1, -0.05) is 0 Å². The van der Waals surface area contributed by atoms with Crippen molar-refractivity contribution in [1.29, 1.82) is 0 Å². The van der Waals surface area contributed by atoms with Gasteiger partial charge in [0.2, 0.25) is 0 Å². The van der Waals surface area contributed by atoms with Gasteiger partial charge in [0.25, 0.3) is 0 Å². The van der Waals surface area contributed by atoms with Gasteiger partial charge in [0.1, 0.15) is 11.4 Å². The maximum Gasteiger partial charge on any atom is 0.355 e. The zero-order valence-electron chi connectivity index (χ0n) is 10.5. The molecule has 0 saturated heterocycles. The molecule has 4 nitrogen and oxygen atoms in total. The summed E-state index contributed by atoms with van der Waals surface area (Å²) in [5.41, 5.74) is 1.62. The number of halogens is 1. The second-order valence-corrected chi connectivity index (χ2v) is 4.86. The number of rotatable bonds is 3. The normalized spacial score (nSPS) is 10.7. The first-order valence-electron chi connectivity index (χ1n) is 5.58. The molecule has 0 aliphatic rings. The van der Waals surface area contributed by atoms with Gasteiger partial charge in [-0.2, -0.15) is 0 Å². The average Bonchev–Trinajstić information content (AvgIpc) is 2.70. The van der Waals surface area contributed by atoms with E-state index in [-0.39, 0.29) is 5.97 Å². The molecule has 1 aromatic heterocycles. The molecule has 0 amide bonds. The molecule has 0 fully saturated rings. The van der Waals surface area contributed by atoms with Crippen LogP contribution in [0.4, 0.5) is 0 Å². The zero-order chi connectivity index (χ0) is 13.3. The minimum atomic E-state index is -0.309. The van der Waals surface area contributed by atoms with Crippen molar-refractivity contribution < 1.29 is 14.3 Å². The molecule has 0 aliphatic heterocycles. The molecule has 1 aromatic carbocycles. The maximum absolute atomic E-state index is 11.9. The van der Waals surface area contributed by atoms with Crippen LogP contribution in [0.5, 0.6) is 5.75 Å². The van der Waals surface area contributed by atoms with Crippen molar-refractivity contribution in [2.75, 3.05) is 14.2 Å². The van der Waals surface area contributed by atoms with Crippen LogP contribution in [0.1, 0.15) is 17.4 Å². The molecule has 0 spiro atoms. The smallest absolute Gasteiger partial charge is 0.355 e. The van der Waals surface area contributed by atoms with Gasteiger partial charge in [-0.3, -0.25) is 0 Å².